The summed E-state index contributed by atoms with van der Waals surface area (Å²) >= 11 is 1.04. The van der Waals surface area contributed by atoms with E-state index in [1.165, 1.54) is 7.11 Å². The van der Waals surface area contributed by atoms with Gasteiger partial charge in [-0.1, -0.05) is 12.1 Å². The van der Waals surface area contributed by atoms with Crippen LogP contribution in [0, 0.1) is 0 Å². The predicted octanol–water partition coefficient (Wildman–Crippen LogP) is 1.85. The number of carbonyl (C=O) groups excluding carboxylic acids is 1. The Morgan fingerprint density at radius 1 is 1.32 bits per heavy atom. The minimum atomic E-state index is -1.69. The summed E-state index contributed by atoms with van der Waals surface area (Å²) in [5.74, 6) is -3.61. The molecular weight excluding hydrogens is 426 g/mol. The SMILES string of the molecule is COc1cccc2cn(C[C@@H]3Cc4c(sc(NC(=O)C(=O)O)c4C(=O)O)CN3)c(O)c12. The number of rotatable bonds is 5. The fourth-order valence-electron chi connectivity index (χ4n) is 3.84. The first kappa shape index (κ1) is 20.7. The quantitative estimate of drug-likeness (QED) is 0.374. The largest absolute Gasteiger partial charge is 0.496 e. The normalized spacial score (nSPS) is 15.5. The average Bonchev–Trinajstić information content (AvgIpc) is 3.24. The van der Waals surface area contributed by atoms with Gasteiger partial charge in [-0.05, 0) is 18.1 Å². The fraction of sp³-hybridized carbons (Fsp3) is 0.250. The van der Waals surface area contributed by atoms with E-state index in [0.29, 0.717) is 36.2 Å². The fourth-order valence-corrected chi connectivity index (χ4v) is 5.01. The number of carbonyl (C=O) groups is 3. The van der Waals surface area contributed by atoms with E-state index in [9.17, 15) is 24.6 Å². The highest BCUT2D eigenvalue weighted by molar-refractivity contribution is 7.17. The predicted molar refractivity (Wildman–Crippen MR) is 112 cm³/mol. The van der Waals surface area contributed by atoms with Gasteiger partial charge in [0.15, 0.2) is 0 Å². The highest BCUT2D eigenvalue weighted by atomic mass is 32.1. The lowest BCUT2D eigenvalue weighted by Crippen LogP contribution is -2.38. The van der Waals surface area contributed by atoms with Gasteiger partial charge in [-0.15, -0.1) is 11.3 Å². The number of anilines is 1. The molecule has 11 heteroatoms. The van der Waals surface area contributed by atoms with E-state index >= 15 is 0 Å². The number of aliphatic carboxylic acids is 1. The molecule has 1 atom stereocenters. The van der Waals surface area contributed by atoms with Crippen LogP contribution in [0.5, 0.6) is 11.6 Å². The van der Waals surface area contributed by atoms with Crippen molar-refractivity contribution in [2.75, 3.05) is 12.4 Å². The minimum absolute atomic E-state index is 0.00614. The number of aromatic nitrogens is 1. The van der Waals surface area contributed by atoms with Crippen LogP contribution in [0.25, 0.3) is 10.8 Å². The zero-order valence-corrected chi connectivity index (χ0v) is 17.2. The second kappa shape index (κ2) is 7.93. The molecule has 0 aliphatic carbocycles. The lowest BCUT2D eigenvalue weighted by atomic mass is 9.98. The maximum absolute atomic E-state index is 11.8. The van der Waals surface area contributed by atoms with Gasteiger partial charge >= 0.3 is 17.8 Å². The number of amides is 1. The molecule has 3 heterocycles. The number of hydrogen-bond donors (Lipinski definition) is 5. The summed E-state index contributed by atoms with van der Waals surface area (Å²) < 4.78 is 7.00. The summed E-state index contributed by atoms with van der Waals surface area (Å²) in [6.45, 7) is 0.730. The first-order valence-corrected chi connectivity index (χ1v) is 10.1. The lowest BCUT2D eigenvalue weighted by molar-refractivity contribution is -0.147. The van der Waals surface area contributed by atoms with Crippen molar-refractivity contribution in [3.63, 3.8) is 0 Å². The van der Waals surface area contributed by atoms with Crippen LogP contribution in [-0.4, -0.2) is 50.9 Å². The molecule has 0 spiro atoms. The number of aromatic carboxylic acids is 1. The Hall–Kier alpha value is -3.57. The third kappa shape index (κ3) is 3.68. The Kier molecular flexibility index (Phi) is 5.29. The van der Waals surface area contributed by atoms with Crippen molar-refractivity contribution < 1.29 is 34.4 Å². The van der Waals surface area contributed by atoms with Crippen molar-refractivity contribution in [3.8, 4) is 11.6 Å². The second-order valence-corrected chi connectivity index (χ2v) is 8.19. The molecule has 4 rings (SSSR count). The molecular formula is C20H19N3O7S. The van der Waals surface area contributed by atoms with E-state index in [0.717, 1.165) is 21.6 Å². The Labute approximate surface area is 179 Å². The molecule has 0 unspecified atom stereocenters. The molecule has 0 saturated heterocycles. The first-order chi connectivity index (χ1) is 14.8. The van der Waals surface area contributed by atoms with Crippen LogP contribution in [0.4, 0.5) is 5.00 Å². The number of carboxylic acid groups (broad SMARTS) is 2. The Morgan fingerprint density at radius 2 is 2.10 bits per heavy atom. The molecule has 0 saturated carbocycles. The summed E-state index contributed by atoms with van der Waals surface area (Å²) in [7, 11) is 1.53. The number of hydrogen-bond acceptors (Lipinski definition) is 7. The van der Waals surface area contributed by atoms with Gasteiger partial charge in [0.2, 0.25) is 5.88 Å². The van der Waals surface area contributed by atoms with Crippen molar-refractivity contribution in [3.05, 3.63) is 40.4 Å². The van der Waals surface area contributed by atoms with E-state index in [1.54, 1.807) is 16.8 Å². The van der Waals surface area contributed by atoms with Gasteiger partial charge in [0, 0.05) is 35.6 Å². The molecule has 3 aromatic rings. The van der Waals surface area contributed by atoms with E-state index < -0.39 is 17.8 Å². The van der Waals surface area contributed by atoms with Crippen LogP contribution >= 0.6 is 11.3 Å². The van der Waals surface area contributed by atoms with Crippen LogP contribution < -0.4 is 15.4 Å². The number of benzene rings is 1. The van der Waals surface area contributed by atoms with Crippen LogP contribution in [-0.2, 0) is 29.1 Å². The number of nitrogens with zero attached hydrogens (tertiary/aromatic N) is 1. The van der Waals surface area contributed by atoms with Gasteiger partial charge in [-0.25, -0.2) is 9.59 Å². The Bertz CT molecular complexity index is 1210. The zero-order chi connectivity index (χ0) is 22.3. The van der Waals surface area contributed by atoms with E-state index in [-0.39, 0.29) is 22.5 Å². The van der Waals surface area contributed by atoms with Gasteiger partial charge in [0.05, 0.1) is 18.1 Å². The Balaban J connectivity index is 1.62. The summed E-state index contributed by atoms with van der Waals surface area (Å²) in [4.78, 5) is 34.9. The molecule has 2 aromatic heterocycles. The molecule has 1 aliphatic heterocycles. The highest BCUT2D eigenvalue weighted by Crippen LogP contribution is 2.38. The number of ether oxygens (including phenoxy) is 1. The second-order valence-electron chi connectivity index (χ2n) is 7.08. The smallest absolute Gasteiger partial charge is 0.394 e. The topological polar surface area (TPSA) is 150 Å². The van der Waals surface area contributed by atoms with Crippen molar-refractivity contribution in [2.24, 2.45) is 0 Å². The molecule has 1 aliphatic rings. The monoisotopic (exact) mass is 445 g/mol. The summed E-state index contributed by atoms with van der Waals surface area (Å²) in [5.41, 5.74) is 0.459. The number of nitrogens with one attached hydrogen (secondary N) is 2. The van der Waals surface area contributed by atoms with Crippen molar-refractivity contribution in [2.45, 2.75) is 25.6 Å². The number of fused-ring (bicyclic) bond motifs is 2. The molecule has 162 valence electrons. The van der Waals surface area contributed by atoms with Gasteiger partial charge in [-0.2, -0.15) is 0 Å². The van der Waals surface area contributed by atoms with Crippen molar-refractivity contribution in [1.82, 2.24) is 9.88 Å². The summed E-state index contributed by atoms with van der Waals surface area (Å²) in [6.07, 6.45) is 2.14. The summed E-state index contributed by atoms with van der Waals surface area (Å²) in [5, 5.41) is 36.0. The van der Waals surface area contributed by atoms with Gasteiger partial charge in [-0.3, -0.25) is 4.79 Å². The molecule has 1 amide bonds. The van der Waals surface area contributed by atoms with Gasteiger partial charge in [0.25, 0.3) is 0 Å². The Morgan fingerprint density at radius 3 is 2.77 bits per heavy atom. The van der Waals surface area contributed by atoms with Gasteiger partial charge < -0.3 is 35.3 Å². The summed E-state index contributed by atoms with van der Waals surface area (Å²) in [6, 6.07) is 5.25. The molecule has 1 aromatic carbocycles. The third-order valence-electron chi connectivity index (χ3n) is 5.21. The molecule has 5 N–H and O–H groups in total. The maximum Gasteiger partial charge on any atom is 0.394 e. The highest BCUT2D eigenvalue weighted by Gasteiger charge is 2.31. The number of carboxylic acids is 2. The van der Waals surface area contributed by atoms with Crippen LogP contribution in [0.3, 0.4) is 0 Å². The lowest BCUT2D eigenvalue weighted by Gasteiger charge is -2.25. The average molecular weight is 445 g/mol. The molecule has 0 radical (unpaired) electrons. The van der Waals surface area contributed by atoms with Gasteiger partial charge in [0.1, 0.15) is 10.8 Å². The number of methoxy groups -OCH3 is 1. The van der Waals surface area contributed by atoms with Crippen LogP contribution in [0.1, 0.15) is 20.8 Å². The van der Waals surface area contributed by atoms with Crippen LogP contribution in [0.2, 0.25) is 0 Å². The maximum atomic E-state index is 11.8. The molecule has 0 bridgehead atoms. The first-order valence-electron chi connectivity index (χ1n) is 9.30. The minimum Gasteiger partial charge on any atom is -0.496 e. The van der Waals surface area contributed by atoms with E-state index in [4.69, 9.17) is 9.84 Å². The van der Waals surface area contributed by atoms with Crippen LogP contribution in [0.15, 0.2) is 24.4 Å². The molecule has 10 nitrogen and oxygen atoms in total. The third-order valence-corrected chi connectivity index (χ3v) is 6.36. The number of thiophene rings is 1. The molecule has 0 fully saturated rings. The molecule has 31 heavy (non-hydrogen) atoms. The van der Waals surface area contributed by atoms with Crippen molar-refractivity contribution >= 4 is 45.0 Å². The van der Waals surface area contributed by atoms with E-state index in [2.05, 4.69) is 10.6 Å². The zero-order valence-electron chi connectivity index (χ0n) is 16.3. The number of aromatic hydroxyl groups is 1. The van der Waals surface area contributed by atoms with Crippen molar-refractivity contribution in [1.29, 1.82) is 0 Å². The standard InChI is InChI=1S/C20H19N3O7S/c1-30-12-4-2-3-9-7-23(18(25)14(9)12)8-10-5-11-13(6-21-10)31-17(15(11)19(26)27)22-16(24)20(28)29/h2-4,7,10,21,25H,5-6,8H2,1H3,(H,22,24)(H,26,27)(H,28,29)/t10-/m0/s1. The van der Waals surface area contributed by atoms with E-state index in [1.807, 2.05) is 12.1 Å².